The molecule has 1 aromatic heterocycles. The van der Waals surface area contributed by atoms with E-state index >= 15 is 0 Å². The van der Waals surface area contributed by atoms with E-state index < -0.39 is 0 Å². The Morgan fingerprint density at radius 2 is 1.61 bits per heavy atom. The van der Waals surface area contributed by atoms with E-state index in [1.54, 1.807) is 11.3 Å². The Bertz CT molecular complexity index is 1100. The highest BCUT2D eigenvalue weighted by molar-refractivity contribution is 7.21. The Hall–Kier alpha value is -2.95. The number of aromatic nitrogens is 1. The average Bonchev–Trinajstić information content (AvgIpc) is 3.15. The monoisotopic (exact) mass is 387 g/mol. The number of aliphatic hydroxyl groups excluding tert-OH is 1. The van der Waals surface area contributed by atoms with Crippen LogP contribution in [-0.4, -0.2) is 23.3 Å². The van der Waals surface area contributed by atoms with E-state index in [1.807, 2.05) is 24.3 Å². The first-order valence-electron chi connectivity index (χ1n) is 9.21. The van der Waals surface area contributed by atoms with Gasteiger partial charge < -0.3 is 9.84 Å². The number of aliphatic hydroxyl groups is 1. The summed E-state index contributed by atoms with van der Waals surface area (Å²) < 4.78 is 6.60. The summed E-state index contributed by atoms with van der Waals surface area (Å²) in [5, 5.41) is 9.84. The summed E-state index contributed by atoms with van der Waals surface area (Å²) in [5.41, 5.74) is 5.70. The number of thiazole rings is 1. The minimum Gasteiger partial charge on any atom is -0.491 e. The molecule has 0 amide bonds. The van der Waals surface area contributed by atoms with Gasteiger partial charge in [-0.3, -0.25) is 0 Å². The Balaban J connectivity index is 1.47. The molecule has 0 saturated carbocycles. The molecule has 1 heterocycles. The standard InChI is InChI=1S/C24H21NO2S/c1-17-2-13-22-23(16-17)28-24(25-22)20-9-5-18(6-10-20)3-4-19-7-11-21(12-8-19)27-15-14-26/h2-13,16,26H,14-15H2,1H3/b4-3+. The Morgan fingerprint density at radius 1 is 0.929 bits per heavy atom. The topological polar surface area (TPSA) is 42.4 Å². The van der Waals surface area contributed by atoms with Gasteiger partial charge in [0.1, 0.15) is 17.4 Å². The van der Waals surface area contributed by atoms with Crippen molar-refractivity contribution < 1.29 is 9.84 Å². The van der Waals surface area contributed by atoms with Gasteiger partial charge in [-0.25, -0.2) is 4.98 Å². The molecular weight excluding hydrogens is 366 g/mol. The maximum atomic E-state index is 8.79. The van der Waals surface area contributed by atoms with Crippen molar-refractivity contribution in [2.24, 2.45) is 0 Å². The van der Waals surface area contributed by atoms with Crippen LogP contribution < -0.4 is 4.74 Å². The second-order valence-corrected chi connectivity index (χ2v) is 7.62. The van der Waals surface area contributed by atoms with Crippen molar-refractivity contribution in [2.75, 3.05) is 13.2 Å². The molecule has 3 aromatic carbocycles. The van der Waals surface area contributed by atoms with Gasteiger partial charge in [0, 0.05) is 5.56 Å². The summed E-state index contributed by atoms with van der Waals surface area (Å²) in [5.74, 6) is 0.765. The average molecular weight is 388 g/mol. The quantitative estimate of drug-likeness (QED) is 0.424. The largest absolute Gasteiger partial charge is 0.491 e. The Morgan fingerprint density at radius 3 is 2.29 bits per heavy atom. The highest BCUT2D eigenvalue weighted by atomic mass is 32.1. The number of aryl methyl sites for hydroxylation is 1. The van der Waals surface area contributed by atoms with Gasteiger partial charge in [-0.2, -0.15) is 0 Å². The van der Waals surface area contributed by atoms with E-state index in [0.29, 0.717) is 6.61 Å². The molecule has 0 aliphatic carbocycles. The second-order valence-electron chi connectivity index (χ2n) is 6.59. The summed E-state index contributed by atoms with van der Waals surface area (Å²) in [4.78, 5) is 4.75. The molecular formula is C24H21NO2S. The van der Waals surface area contributed by atoms with Gasteiger partial charge in [-0.15, -0.1) is 11.3 Å². The molecule has 4 aromatic rings. The molecule has 0 spiro atoms. The van der Waals surface area contributed by atoms with Gasteiger partial charge in [0.2, 0.25) is 0 Å². The third-order valence-corrected chi connectivity index (χ3v) is 5.48. The van der Waals surface area contributed by atoms with Crippen molar-refractivity contribution in [1.29, 1.82) is 0 Å². The van der Waals surface area contributed by atoms with E-state index in [9.17, 15) is 0 Å². The number of ether oxygens (including phenoxy) is 1. The zero-order chi connectivity index (χ0) is 19.3. The molecule has 0 saturated heterocycles. The molecule has 0 bridgehead atoms. The lowest BCUT2D eigenvalue weighted by molar-refractivity contribution is 0.201. The van der Waals surface area contributed by atoms with Crippen LogP contribution in [-0.2, 0) is 0 Å². The lowest BCUT2D eigenvalue weighted by atomic mass is 10.1. The zero-order valence-corrected chi connectivity index (χ0v) is 16.4. The van der Waals surface area contributed by atoms with Crippen LogP contribution in [0.25, 0.3) is 32.9 Å². The van der Waals surface area contributed by atoms with Crippen LogP contribution in [0.2, 0.25) is 0 Å². The van der Waals surface area contributed by atoms with E-state index in [4.69, 9.17) is 14.8 Å². The first-order chi connectivity index (χ1) is 13.7. The predicted octanol–water partition coefficient (Wildman–Crippen LogP) is 5.81. The molecule has 3 nitrogen and oxygen atoms in total. The van der Waals surface area contributed by atoms with E-state index in [1.165, 1.54) is 10.3 Å². The molecule has 0 atom stereocenters. The van der Waals surface area contributed by atoms with Crippen LogP contribution in [0.3, 0.4) is 0 Å². The normalized spacial score (nSPS) is 11.4. The van der Waals surface area contributed by atoms with Crippen molar-refractivity contribution >= 4 is 33.7 Å². The Kier molecular flexibility index (Phi) is 5.51. The molecule has 4 heteroatoms. The second kappa shape index (κ2) is 8.38. The molecule has 0 aliphatic rings. The van der Waals surface area contributed by atoms with Crippen molar-refractivity contribution in [1.82, 2.24) is 4.98 Å². The molecule has 0 aliphatic heterocycles. The van der Waals surface area contributed by atoms with Gasteiger partial charge in [0.05, 0.1) is 16.8 Å². The number of fused-ring (bicyclic) bond motifs is 1. The fourth-order valence-corrected chi connectivity index (χ4v) is 3.99. The SMILES string of the molecule is Cc1ccc2nc(-c3ccc(/C=C/c4ccc(OCCO)cc4)cc3)sc2c1. The van der Waals surface area contributed by atoms with Crippen molar-refractivity contribution in [2.45, 2.75) is 6.92 Å². The first kappa shape index (κ1) is 18.4. The molecule has 0 radical (unpaired) electrons. The van der Waals surface area contributed by atoms with Gasteiger partial charge >= 0.3 is 0 Å². The van der Waals surface area contributed by atoms with E-state index in [2.05, 4.69) is 61.5 Å². The summed E-state index contributed by atoms with van der Waals surface area (Å²) in [6.07, 6.45) is 4.17. The van der Waals surface area contributed by atoms with E-state index in [0.717, 1.165) is 33.0 Å². The predicted molar refractivity (Wildman–Crippen MR) is 118 cm³/mol. The lowest BCUT2D eigenvalue weighted by Gasteiger charge is -2.03. The summed E-state index contributed by atoms with van der Waals surface area (Å²) >= 11 is 1.73. The van der Waals surface area contributed by atoms with Gasteiger partial charge in [-0.05, 0) is 47.9 Å². The molecule has 0 unspecified atom stereocenters. The summed E-state index contributed by atoms with van der Waals surface area (Å²) in [7, 11) is 0. The summed E-state index contributed by atoms with van der Waals surface area (Å²) in [6, 6.07) is 22.7. The number of nitrogens with zero attached hydrogens (tertiary/aromatic N) is 1. The summed E-state index contributed by atoms with van der Waals surface area (Å²) in [6.45, 7) is 2.44. The number of rotatable bonds is 6. The van der Waals surface area contributed by atoms with Crippen LogP contribution in [0.15, 0.2) is 66.7 Å². The maximum absolute atomic E-state index is 8.79. The highest BCUT2D eigenvalue weighted by Gasteiger charge is 2.06. The van der Waals surface area contributed by atoms with Crippen molar-refractivity contribution in [3.05, 3.63) is 83.4 Å². The van der Waals surface area contributed by atoms with Gasteiger partial charge in [0.25, 0.3) is 0 Å². The third-order valence-electron chi connectivity index (χ3n) is 4.41. The Labute approximate surface area is 168 Å². The maximum Gasteiger partial charge on any atom is 0.124 e. The van der Waals surface area contributed by atoms with Crippen LogP contribution in [0.4, 0.5) is 0 Å². The van der Waals surface area contributed by atoms with Gasteiger partial charge in [0.15, 0.2) is 0 Å². The third kappa shape index (κ3) is 4.30. The smallest absolute Gasteiger partial charge is 0.124 e. The molecule has 140 valence electrons. The zero-order valence-electron chi connectivity index (χ0n) is 15.6. The number of benzene rings is 3. The van der Waals surface area contributed by atoms with Crippen LogP contribution in [0.1, 0.15) is 16.7 Å². The number of hydrogen-bond donors (Lipinski definition) is 1. The molecule has 0 fully saturated rings. The minimum atomic E-state index is 0.0221. The van der Waals surface area contributed by atoms with Crippen molar-refractivity contribution in [3.63, 3.8) is 0 Å². The highest BCUT2D eigenvalue weighted by Crippen LogP contribution is 2.31. The minimum absolute atomic E-state index is 0.0221. The van der Waals surface area contributed by atoms with Gasteiger partial charge in [-0.1, -0.05) is 54.6 Å². The van der Waals surface area contributed by atoms with Crippen molar-refractivity contribution in [3.8, 4) is 16.3 Å². The molecule has 28 heavy (non-hydrogen) atoms. The van der Waals surface area contributed by atoms with Crippen LogP contribution in [0, 0.1) is 6.92 Å². The van der Waals surface area contributed by atoms with E-state index in [-0.39, 0.29) is 6.61 Å². The molecule has 1 N–H and O–H groups in total. The lowest BCUT2D eigenvalue weighted by Crippen LogP contribution is -2.01. The van der Waals surface area contributed by atoms with Crippen LogP contribution >= 0.6 is 11.3 Å². The molecule has 4 rings (SSSR count). The number of hydrogen-bond acceptors (Lipinski definition) is 4. The fourth-order valence-electron chi connectivity index (χ4n) is 2.92. The van der Waals surface area contributed by atoms with Crippen LogP contribution in [0.5, 0.6) is 5.75 Å². The first-order valence-corrected chi connectivity index (χ1v) is 10.0. The fraction of sp³-hybridized carbons (Fsp3) is 0.125.